The molecule has 0 aliphatic rings. The molecule has 0 saturated carbocycles. The topological polar surface area (TPSA) is 114 Å². The van der Waals surface area contributed by atoms with Crippen molar-refractivity contribution < 1.29 is 9.59 Å². The van der Waals surface area contributed by atoms with Crippen molar-refractivity contribution in [3.8, 4) is 0 Å². The predicted octanol–water partition coefficient (Wildman–Crippen LogP) is 1.63. The number of primary amides is 1. The Bertz CT molecular complexity index is 858. The standard InChI is InChI=1S/C13H16N4O2.C7H8/c14-6-12(18)17-11(13(15)19)5-8-7-16-10-4-2-1-3-9(8)10;1-7-5-3-2-4-6-7/h1-4,7,11,16H,5-6,14H2,(H2,15,19)(H,17,18);2-6H,1H3. The molecule has 3 aromatic rings. The van der Waals surface area contributed by atoms with Crippen LogP contribution in [0.1, 0.15) is 11.1 Å². The lowest BCUT2D eigenvalue weighted by Crippen LogP contribution is -2.47. The molecule has 26 heavy (non-hydrogen) atoms. The second kappa shape index (κ2) is 9.39. The first-order chi connectivity index (χ1) is 12.5. The number of nitrogens with two attached hydrogens (primary N) is 2. The molecule has 6 nitrogen and oxygen atoms in total. The zero-order chi connectivity index (χ0) is 18.9. The van der Waals surface area contributed by atoms with Gasteiger partial charge in [-0.15, -0.1) is 0 Å². The van der Waals surface area contributed by atoms with E-state index in [0.29, 0.717) is 6.42 Å². The minimum atomic E-state index is -0.754. The number of carbonyl (C=O) groups excluding carboxylic acids is 2. The van der Waals surface area contributed by atoms with Crippen LogP contribution in [-0.2, 0) is 16.0 Å². The fraction of sp³-hybridized carbons (Fsp3) is 0.200. The van der Waals surface area contributed by atoms with E-state index in [0.717, 1.165) is 16.5 Å². The van der Waals surface area contributed by atoms with Crippen molar-refractivity contribution in [2.75, 3.05) is 6.54 Å². The van der Waals surface area contributed by atoms with Gasteiger partial charge < -0.3 is 21.8 Å². The molecule has 0 aliphatic carbocycles. The van der Waals surface area contributed by atoms with Crippen LogP contribution in [0.25, 0.3) is 10.9 Å². The Labute approximate surface area is 152 Å². The van der Waals surface area contributed by atoms with Crippen LogP contribution in [0.3, 0.4) is 0 Å². The zero-order valence-corrected chi connectivity index (χ0v) is 14.7. The Morgan fingerprint density at radius 3 is 2.31 bits per heavy atom. The van der Waals surface area contributed by atoms with Gasteiger partial charge in [-0.2, -0.15) is 0 Å². The number of para-hydroxylation sites is 1. The Morgan fingerprint density at radius 1 is 1.08 bits per heavy atom. The third-order valence-electron chi connectivity index (χ3n) is 3.90. The molecule has 6 heteroatoms. The van der Waals surface area contributed by atoms with Gasteiger partial charge in [0, 0.05) is 23.5 Å². The summed E-state index contributed by atoms with van der Waals surface area (Å²) in [7, 11) is 0. The normalized spacial score (nSPS) is 11.3. The third-order valence-corrected chi connectivity index (χ3v) is 3.90. The number of fused-ring (bicyclic) bond motifs is 1. The fourth-order valence-electron chi connectivity index (χ4n) is 2.53. The van der Waals surface area contributed by atoms with Gasteiger partial charge in [-0.1, -0.05) is 54.1 Å². The van der Waals surface area contributed by atoms with E-state index in [1.54, 1.807) is 0 Å². The average Bonchev–Trinajstić information content (AvgIpc) is 3.05. The number of rotatable bonds is 5. The van der Waals surface area contributed by atoms with Gasteiger partial charge in [-0.25, -0.2) is 0 Å². The van der Waals surface area contributed by atoms with Crippen molar-refractivity contribution in [3.63, 3.8) is 0 Å². The molecule has 0 aliphatic heterocycles. The Hall–Kier alpha value is -3.12. The van der Waals surface area contributed by atoms with Crippen molar-refractivity contribution in [2.45, 2.75) is 19.4 Å². The van der Waals surface area contributed by atoms with Gasteiger partial charge in [-0.05, 0) is 18.6 Å². The molecule has 136 valence electrons. The van der Waals surface area contributed by atoms with E-state index in [9.17, 15) is 9.59 Å². The highest BCUT2D eigenvalue weighted by molar-refractivity contribution is 5.89. The lowest BCUT2D eigenvalue weighted by molar-refractivity contribution is -0.126. The van der Waals surface area contributed by atoms with Gasteiger partial charge >= 0.3 is 0 Å². The van der Waals surface area contributed by atoms with E-state index in [2.05, 4.69) is 29.4 Å². The first-order valence-electron chi connectivity index (χ1n) is 8.36. The van der Waals surface area contributed by atoms with Gasteiger partial charge in [0.2, 0.25) is 11.8 Å². The predicted molar refractivity (Wildman–Crippen MR) is 103 cm³/mol. The molecule has 1 heterocycles. The molecule has 0 saturated heterocycles. The van der Waals surface area contributed by atoms with Crippen molar-refractivity contribution in [3.05, 3.63) is 71.9 Å². The van der Waals surface area contributed by atoms with Crippen LogP contribution in [-0.4, -0.2) is 29.4 Å². The summed E-state index contributed by atoms with van der Waals surface area (Å²) in [6.07, 6.45) is 2.15. The monoisotopic (exact) mass is 352 g/mol. The molecule has 2 aromatic carbocycles. The molecular weight excluding hydrogens is 328 g/mol. The minimum absolute atomic E-state index is 0.169. The van der Waals surface area contributed by atoms with Gasteiger partial charge in [0.25, 0.3) is 0 Å². The van der Waals surface area contributed by atoms with Crippen LogP contribution >= 0.6 is 0 Å². The van der Waals surface area contributed by atoms with Crippen LogP contribution < -0.4 is 16.8 Å². The molecule has 2 amide bonds. The molecule has 0 bridgehead atoms. The first-order valence-corrected chi connectivity index (χ1v) is 8.36. The molecule has 6 N–H and O–H groups in total. The molecular formula is C20H24N4O2. The maximum absolute atomic E-state index is 11.4. The Balaban J connectivity index is 0.000000290. The average molecular weight is 352 g/mol. The Morgan fingerprint density at radius 2 is 1.73 bits per heavy atom. The maximum atomic E-state index is 11.4. The summed E-state index contributed by atoms with van der Waals surface area (Å²) in [4.78, 5) is 25.7. The van der Waals surface area contributed by atoms with Crippen LogP contribution in [0.4, 0.5) is 0 Å². The molecule has 0 spiro atoms. The van der Waals surface area contributed by atoms with Crippen LogP contribution in [0.15, 0.2) is 60.8 Å². The number of H-pyrrole nitrogens is 1. The van der Waals surface area contributed by atoms with Crippen molar-refractivity contribution >= 4 is 22.7 Å². The number of hydrogen-bond donors (Lipinski definition) is 4. The highest BCUT2D eigenvalue weighted by atomic mass is 16.2. The number of benzene rings is 2. The molecule has 1 atom stereocenters. The van der Waals surface area contributed by atoms with E-state index < -0.39 is 17.9 Å². The number of amides is 2. The van der Waals surface area contributed by atoms with Gasteiger partial charge in [0.15, 0.2) is 0 Å². The quantitative estimate of drug-likeness (QED) is 0.559. The number of nitrogens with one attached hydrogen (secondary N) is 2. The van der Waals surface area contributed by atoms with Gasteiger partial charge in [0.1, 0.15) is 6.04 Å². The molecule has 0 radical (unpaired) electrons. The molecule has 1 unspecified atom stereocenters. The fourth-order valence-corrected chi connectivity index (χ4v) is 2.53. The number of carbonyl (C=O) groups is 2. The summed E-state index contributed by atoms with van der Waals surface area (Å²) >= 11 is 0. The smallest absolute Gasteiger partial charge is 0.240 e. The summed E-state index contributed by atoms with van der Waals surface area (Å²) in [5.74, 6) is -0.976. The van der Waals surface area contributed by atoms with E-state index in [1.165, 1.54) is 5.56 Å². The zero-order valence-electron chi connectivity index (χ0n) is 14.7. The SMILES string of the molecule is Cc1ccccc1.NCC(=O)NC(Cc1c[nH]c2ccccc12)C(N)=O. The number of hydrogen-bond acceptors (Lipinski definition) is 3. The number of aryl methyl sites for hydroxylation is 1. The maximum Gasteiger partial charge on any atom is 0.240 e. The van der Waals surface area contributed by atoms with E-state index in [-0.39, 0.29) is 6.54 Å². The molecule has 0 fully saturated rings. The van der Waals surface area contributed by atoms with E-state index in [1.807, 2.05) is 48.7 Å². The summed E-state index contributed by atoms with van der Waals surface area (Å²) < 4.78 is 0. The van der Waals surface area contributed by atoms with E-state index >= 15 is 0 Å². The number of aromatic nitrogens is 1. The van der Waals surface area contributed by atoms with Crippen LogP contribution in [0, 0.1) is 6.92 Å². The Kier molecular flexibility index (Phi) is 6.93. The first kappa shape index (κ1) is 19.2. The minimum Gasteiger partial charge on any atom is -0.368 e. The second-order valence-corrected chi connectivity index (χ2v) is 5.94. The molecule has 1 aromatic heterocycles. The lowest BCUT2D eigenvalue weighted by Gasteiger charge is -2.14. The lowest BCUT2D eigenvalue weighted by atomic mass is 10.0. The molecule has 3 rings (SSSR count). The van der Waals surface area contributed by atoms with Crippen molar-refractivity contribution in [1.29, 1.82) is 0 Å². The largest absolute Gasteiger partial charge is 0.368 e. The van der Waals surface area contributed by atoms with Crippen molar-refractivity contribution in [2.24, 2.45) is 11.5 Å². The van der Waals surface area contributed by atoms with Gasteiger partial charge in [0.05, 0.1) is 6.54 Å². The highest BCUT2D eigenvalue weighted by Crippen LogP contribution is 2.19. The van der Waals surface area contributed by atoms with E-state index in [4.69, 9.17) is 11.5 Å². The summed E-state index contributed by atoms with van der Waals surface area (Å²) in [5.41, 5.74) is 13.7. The highest BCUT2D eigenvalue weighted by Gasteiger charge is 2.19. The second-order valence-electron chi connectivity index (χ2n) is 5.94. The summed E-state index contributed by atoms with van der Waals surface area (Å²) in [6.45, 7) is 1.91. The summed E-state index contributed by atoms with van der Waals surface area (Å²) in [5, 5.41) is 3.53. The van der Waals surface area contributed by atoms with Gasteiger partial charge in [-0.3, -0.25) is 9.59 Å². The van der Waals surface area contributed by atoms with Crippen LogP contribution in [0.2, 0.25) is 0 Å². The third kappa shape index (κ3) is 5.46. The number of aromatic amines is 1. The summed E-state index contributed by atoms with van der Waals surface area (Å²) in [6, 6.07) is 17.2. The van der Waals surface area contributed by atoms with Crippen molar-refractivity contribution in [1.82, 2.24) is 10.3 Å². The van der Waals surface area contributed by atoms with Crippen LogP contribution in [0.5, 0.6) is 0 Å².